The van der Waals surface area contributed by atoms with Crippen molar-refractivity contribution in [2.75, 3.05) is 52.6 Å². The number of nitrogens with two attached hydrogens (primary N) is 1. The van der Waals surface area contributed by atoms with Gasteiger partial charge in [-0.3, -0.25) is 20.4 Å². The van der Waals surface area contributed by atoms with Crippen LogP contribution in [0.25, 0.3) is 0 Å². The Labute approximate surface area is 165 Å². The maximum atomic E-state index is 11.9. The monoisotopic (exact) mass is 397 g/mol. The van der Waals surface area contributed by atoms with E-state index in [0.717, 1.165) is 19.4 Å². The molecule has 1 aromatic carbocycles. The molecule has 2 amide bonds. The summed E-state index contributed by atoms with van der Waals surface area (Å²) in [5, 5.41) is 11.1. The number of amides is 2. The quantitative estimate of drug-likeness (QED) is 0.151. The first-order chi connectivity index (χ1) is 13.6. The lowest BCUT2D eigenvalue weighted by Crippen LogP contribution is -2.35. The lowest BCUT2D eigenvalue weighted by Gasteiger charge is -2.09. The van der Waals surface area contributed by atoms with Gasteiger partial charge in [-0.2, -0.15) is 0 Å². The van der Waals surface area contributed by atoms with E-state index in [4.69, 9.17) is 20.4 Å². The third-order valence-electron chi connectivity index (χ3n) is 3.67. The highest BCUT2D eigenvalue weighted by molar-refractivity contribution is 5.97. The largest absolute Gasteiger partial charge is 0.378 e. The van der Waals surface area contributed by atoms with Crippen molar-refractivity contribution in [2.45, 2.75) is 12.8 Å². The van der Waals surface area contributed by atoms with Gasteiger partial charge in [0.15, 0.2) is 0 Å². The average molecular weight is 397 g/mol. The minimum Gasteiger partial charge on any atom is -0.378 e. The van der Waals surface area contributed by atoms with Crippen molar-refractivity contribution >= 4 is 11.8 Å². The molecule has 158 valence electrons. The highest BCUT2D eigenvalue weighted by atomic mass is 16.5. The van der Waals surface area contributed by atoms with Crippen molar-refractivity contribution in [2.24, 2.45) is 5.73 Å². The van der Waals surface area contributed by atoms with Crippen molar-refractivity contribution in [3.63, 3.8) is 0 Å². The summed E-state index contributed by atoms with van der Waals surface area (Å²) < 4.78 is 10.8. The van der Waals surface area contributed by atoms with Gasteiger partial charge in [-0.15, -0.1) is 0 Å². The number of benzene rings is 1. The maximum absolute atomic E-state index is 11.9. The van der Waals surface area contributed by atoms with Crippen LogP contribution in [0.15, 0.2) is 24.3 Å². The van der Waals surface area contributed by atoms with Gasteiger partial charge in [0, 0.05) is 37.3 Å². The number of nitrogens with one attached hydrogen (secondary N) is 4. The van der Waals surface area contributed by atoms with Crippen molar-refractivity contribution < 1.29 is 24.3 Å². The third-order valence-corrected chi connectivity index (χ3v) is 3.67. The number of ether oxygens (including phenoxy) is 2. The molecule has 0 aromatic heterocycles. The maximum Gasteiger partial charge on any atom is 0.251 e. The molecule has 0 saturated heterocycles. The number of unbranched alkanes of at least 4 members (excludes halogenated alkanes) is 1. The van der Waals surface area contributed by atoms with Crippen molar-refractivity contribution in [1.29, 1.82) is 0 Å². The number of hydroxylamine groups is 1. The summed E-state index contributed by atoms with van der Waals surface area (Å²) >= 11 is 0. The van der Waals surface area contributed by atoms with Crippen molar-refractivity contribution in [3.05, 3.63) is 35.4 Å². The Kier molecular flexibility index (Phi) is 13.6. The number of carbonyl (C=O) groups excluding carboxylic acids is 2. The fraction of sp³-hybridized carbons (Fsp3) is 0.556. The van der Waals surface area contributed by atoms with Gasteiger partial charge < -0.3 is 25.7 Å². The second-order valence-corrected chi connectivity index (χ2v) is 5.89. The molecule has 0 heterocycles. The molecule has 0 fully saturated rings. The van der Waals surface area contributed by atoms with Crippen LogP contribution in [0.5, 0.6) is 0 Å². The van der Waals surface area contributed by atoms with Gasteiger partial charge in [-0.1, -0.05) is 0 Å². The summed E-state index contributed by atoms with van der Waals surface area (Å²) in [4.78, 5) is 22.9. The van der Waals surface area contributed by atoms with Crippen molar-refractivity contribution in [3.8, 4) is 0 Å². The SMILES string of the molecule is NC(=O)c1ccc(C(=O)NCCOCCOCCNNCCCCNO)cc1. The summed E-state index contributed by atoms with van der Waals surface area (Å²) in [6.07, 6.45) is 1.87. The molecule has 0 unspecified atom stereocenters. The fourth-order valence-corrected chi connectivity index (χ4v) is 2.16. The molecular formula is C18H31N5O5. The molecule has 0 aliphatic heterocycles. The zero-order valence-corrected chi connectivity index (χ0v) is 16.0. The molecule has 0 aliphatic rings. The van der Waals surface area contributed by atoms with E-state index in [1.165, 1.54) is 12.1 Å². The Morgan fingerprint density at radius 1 is 0.821 bits per heavy atom. The molecule has 0 spiro atoms. The van der Waals surface area contributed by atoms with Crippen LogP contribution in [0.3, 0.4) is 0 Å². The molecule has 0 bridgehead atoms. The minimum atomic E-state index is -0.526. The number of hydrogen-bond acceptors (Lipinski definition) is 8. The van der Waals surface area contributed by atoms with Gasteiger partial charge in [-0.05, 0) is 37.1 Å². The Morgan fingerprint density at radius 2 is 1.39 bits per heavy atom. The van der Waals surface area contributed by atoms with Gasteiger partial charge in [0.25, 0.3) is 5.91 Å². The lowest BCUT2D eigenvalue weighted by molar-refractivity contribution is 0.0485. The van der Waals surface area contributed by atoms with Crippen LogP contribution in [0.1, 0.15) is 33.6 Å². The third kappa shape index (κ3) is 11.6. The molecular weight excluding hydrogens is 366 g/mol. The molecule has 0 saturated carbocycles. The second-order valence-electron chi connectivity index (χ2n) is 5.89. The minimum absolute atomic E-state index is 0.234. The summed E-state index contributed by atoms with van der Waals surface area (Å²) in [5.74, 6) is -0.760. The molecule has 1 aromatic rings. The van der Waals surface area contributed by atoms with Gasteiger partial charge in [0.2, 0.25) is 5.91 Å². The molecule has 0 aliphatic carbocycles. The number of primary amides is 1. The van der Waals surface area contributed by atoms with Crippen LogP contribution in [0.4, 0.5) is 0 Å². The first-order valence-corrected chi connectivity index (χ1v) is 9.31. The first-order valence-electron chi connectivity index (χ1n) is 9.31. The molecule has 1 rings (SSSR count). The molecule has 10 nitrogen and oxygen atoms in total. The number of hydrogen-bond donors (Lipinski definition) is 6. The standard InChI is InChI=1S/C18H31N5O5/c19-17(24)15-3-5-16(6-4-15)18(25)20-9-11-27-13-14-28-12-10-22-21-7-1-2-8-23-26/h3-6,21-23,26H,1-2,7-14H2,(H2,19,24)(H,20,25). The number of hydrazine groups is 1. The van der Waals surface area contributed by atoms with Gasteiger partial charge >= 0.3 is 0 Å². The highest BCUT2D eigenvalue weighted by Crippen LogP contribution is 2.03. The first kappa shape index (κ1) is 24.0. The van der Waals surface area contributed by atoms with Crippen LogP contribution in [-0.2, 0) is 9.47 Å². The average Bonchev–Trinajstić information content (AvgIpc) is 2.70. The molecule has 7 N–H and O–H groups in total. The van der Waals surface area contributed by atoms with E-state index in [2.05, 4.69) is 21.6 Å². The van der Waals surface area contributed by atoms with Crippen LogP contribution in [0.2, 0.25) is 0 Å². The summed E-state index contributed by atoms with van der Waals surface area (Å²) in [6, 6.07) is 6.15. The number of rotatable bonds is 17. The Bertz CT molecular complexity index is 556. The van der Waals surface area contributed by atoms with Crippen LogP contribution in [-0.4, -0.2) is 69.6 Å². The Balaban J connectivity index is 1.90. The van der Waals surface area contributed by atoms with Crippen LogP contribution in [0, 0.1) is 0 Å². The summed E-state index contributed by atoms with van der Waals surface area (Å²) in [7, 11) is 0. The van der Waals surface area contributed by atoms with Gasteiger partial charge in [-0.25, -0.2) is 5.48 Å². The summed E-state index contributed by atoms with van der Waals surface area (Å²) in [6.45, 7) is 4.36. The molecule has 0 atom stereocenters. The topological polar surface area (TPSA) is 147 Å². The van der Waals surface area contributed by atoms with Crippen molar-refractivity contribution in [1.82, 2.24) is 21.6 Å². The normalized spacial score (nSPS) is 10.8. The Morgan fingerprint density at radius 3 is 2.04 bits per heavy atom. The molecule has 10 heteroatoms. The Hall–Kier alpha value is -2.08. The molecule has 0 radical (unpaired) electrons. The molecule has 28 heavy (non-hydrogen) atoms. The zero-order chi connectivity index (χ0) is 20.5. The second kappa shape index (κ2) is 15.9. The lowest BCUT2D eigenvalue weighted by atomic mass is 10.1. The van der Waals surface area contributed by atoms with Gasteiger partial charge in [0.1, 0.15) is 0 Å². The predicted octanol–water partition coefficient (Wildman–Crippen LogP) is -0.598. The van der Waals surface area contributed by atoms with E-state index in [1.807, 2.05) is 0 Å². The smallest absolute Gasteiger partial charge is 0.251 e. The van der Waals surface area contributed by atoms with E-state index in [9.17, 15) is 9.59 Å². The highest BCUT2D eigenvalue weighted by Gasteiger charge is 2.06. The van der Waals surface area contributed by atoms with E-state index in [1.54, 1.807) is 12.1 Å². The van der Waals surface area contributed by atoms with E-state index < -0.39 is 5.91 Å². The summed E-state index contributed by atoms with van der Waals surface area (Å²) in [5.41, 5.74) is 14.2. The predicted molar refractivity (Wildman–Crippen MR) is 104 cm³/mol. The van der Waals surface area contributed by atoms with Gasteiger partial charge in [0.05, 0.1) is 26.4 Å². The van der Waals surface area contributed by atoms with Crippen LogP contribution >= 0.6 is 0 Å². The zero-order valence-electron chi connectivity index (χ0n) is 16.0. The van der Waals surface area contributed by atoms with E-state index in [0.29, 0.717) is 57.2 Å². The van der Waals surface area contributed by atoms with Crippen LogP contribution < -0.4 is 27.4 Å². The van der Waals surface area contributed by atoms with E-state index >= 15 is 0 Å². The fourth-order valence-electron chi connectivity index (χ4n) is 2.16. The number of carbonyl (C=O) groups is 2. The van der Waals surface area contributed by atoms with E-state index in [-0.39, 0.29) is 5.91 Å².